The van der Waals surface area contributed by atoms with Crippen LogP contribution in [0.3, 0.4) is 0 Å². The first-order valence-electron chi connectivity index (χ1n) is 5.53. The molecule has 2 rings (SSSR count). The van der Waals surface area contributed by atoms with E-state index in [2.05, 4.69) is 5.32 Å². The number of nitrogens with one attached hydrogen (secondary N) is 1. The molecule has 5 heteroatoms. The van der Waals surface area contributed by atoms with Gasteiger partial charge in [-0.05, 0) is 19.3 Å². The van der Waals surface area contributed by atoms with Gasteiger partial charge >= 0.3 is 6.03 Å². The maximum Gasteiger partial charge on any atom is 0.317 e. The van der Waals surface area contributed by atoms with Crippen LogP contribution < -0.4 is 5.32 Å². The van der Waals surface area contributed by atoms with Crippen LogP contribution in [0.25, 0.3) is 0 Å². The third kappa shape index (κ3) is 1.94. The van der Waals surface area contributed by atoms with Gasteiger partial charge in [0.2, 0.25) is 0 Å². The van der Waals surface area contributed by atoms with Crippen molar-refractivity contribution >= 4 is 6.03 Å². The van der Waals surface area contributed by atoms with E-state index in [0.717, 1.165) is 32.4 Å². The van der Waals surface area contributed by atoms with Crippen LogP contribution in [0.15, 0.2) is 0 Å². The first-order valence-corrected chi connectivity index (χ1v) is 5.53. The lowest BCUT2D eigenvalue weighted by Crippen LogP contribution is -2.62. The van der Waals surface area contributed by atoms with Crippen molar-refractivity contribution in [1.29, 1.82) is 0 Å². The van der Waals surface area contributed by atoms with E-state index >= 15 is 0 Å². The van der Waals surface area contributed by atoms with Crippen LogP contribution in [0.4, 0.5) is 4.79 Å². The highest BCUT2D eigenvalue weighted by atomic mass is 16.5. The summed E-state index contributed by atoms with van der Waals surface area (Å²) in [7, 11) is 0. The summed E-state index contributed by atoms with van der Waals surface area (Å²) < 4.78 is 5.28. The number of carbonyl (C=O) groups excluding carboxylic acids is 1. The van der Waals surface area contributed by atoms with Crippen molar-refractivity contribution in [2.24, 2.45) is 0 Å². The number of rotatable bonds is 2. The Bertz CT molecular complexity index is 239. The average molecular weight is 214 g/mol. The molecule has 2 amide bonds. The van der Waals surface area contributed by atoms with Crippen molar-refractivity contribution in [2.75, 3.05) is 32.9 Å². The summed E-state index contributed by atoms with van der Waals surface area (Å²) in [5.41, 5.74) is -0.386. The summed E-state index contributed by atoms with van der Waals surface area (Å²) in [4.78, 5) is 13.5. The Morgan fingerprint density at radius 3 is 2.80 bits per heavy atom. The molecule has 0 aliphatic carbocycles. The number of amides is 2. The monoisotopic (exact) mass is 214 g/mol. The van der Waals surface area contributed by atoms with E-state index in [1.807, 2.05) is 0 Å². The normalized spacial score (nSPS) is 26.2. The number of carbonyl (C=O) groups is 1. The molecule has 0 radical (unpaired) electrons. The first-order chi connectivity index (χ1) is 7.28. The summed E-state index contributed by atoms with van der Waals surface area (Å²) in [5.74, 6) is 0. The summed E-state index contributed by atoms with van der Waals surface area (Å²) in [6, 6.07) is -0.0443. The van der Waals surface area contributed by atoms with Crippen molar-refractivity contribution in [3.05, 3.63) is 0 Å². The van der Waals surface area contributed by atoms with Crippen LogP contribution in [0.1, 0.15) is 19.3 Å². The molecule has 0 aromatic carbocycles. The van der Waals surface area contributed by atoms with E-state index in [4.69, 9.17) is 4.74 Å². The molecule has 2 aliphatic rings. The van der Waals surface area contributed by atoms with E-state index in [-0.39, 0.29) is 18.2 Å². The molecule has 15 heavy (non-hydrogen) atoms. The fraction of sp³-hybridized carbons (Fsp3) is 0.900. The quantitative estimate of drug-likeness (QED) is 0.677. The van der Waals surface area contributed by atoms with E-state index in [0.29, 0.717) is 13.2 Å². The van der Waals surface area contributed by atoms with Crippen LogP contribution in [0.5, 0.6) is 0 Å². The Morgan fingerprint density at radius 2 is 2.20 bits per heavy atom. The number of hydrogen-bond donors (Lipinski definition) is 2. The van der Waals surface area contributed by atoms with Gasteiger partial charge in [0.05, 0.1) is 12.1 Å². The minimum absolute atomic E-state index is 0.0315. The Balaban J connectivity index is 2.12. The SMILES string of the molecule is O=C1NCCCN1C1(CO)CCOCC1. The van der Waals surface area contributed by atoms with E-state index < -0.39 is 0 Å². The van der Waals surface area contributed by atoms with Gasteiger partial charge in [-0.3, -0.25) is 0 Å². The number of aliphatic hydroxyl groups is 1. The molecule has 86 valence electrons. The van der Waals surface area contributed by atoms with Gasteiger partial charge in [0.1, 0.15) is 0 Å². The summed E-state index contributed by atoms with van der Waals surface area (Å²) in [5, 5.41) is 12.4. The lowest BCUT2D eigenvalue weighted by molar-refractivity contribution is -0.0412. The molecular weight excluding hydrogens is 196 g/mol. The van der Waals surface area contributed by atoms with Gasteiger partial charge in [0.15, 0.2) is 0 Å². The fourth-order valence-corrected chi connectivity index (χ4v) is 2.35. The molecule has 2 saturated heterocycles. The van der Waals surface area contributed by atoms with Crippen molar-refractivity contribution in [3.8, 4) is 0 Å². The third-order valence-electron chi connectivity index (χ3n) is 3.37. The standard InChI is InChI=1S/C10H18N2O3/c13-8-10(2-6-15-7-3-10)12-5-1-4-11-9(12)14/h13H,1-8H2,(H,11,14). The molecule has 0 saturated carbocycles. The van der Waals surface area contributed by atoms with Crippen LogP contribution in [-0.2, 0) is 4.74 Å². The van der Waals surface area contributed by atoms with Gasteiger partial charge in [-0.1, -0.05) is 0 Å². The lowest BCUT2D eigenvalue weighted by atomic mass is 9.88. The molecule has 0 aromatic rings. The Hall–Kier alpha value is -0.810. The number of hydrogen-bond acceptors (Lipinski definition) is 3. The predicted molar refractivity (Wildman–Crippen MR) is 54.6 cm³/mol. The summed E-state index contributed by atoms with van der Waals surface area (Å²) in [6.45, 7) is 2.78. The molecule has 5 nitrogen and oxygen atoms in total. The van der Waals surface area contributed by atoms with Gasteiger partial charge in [-0.2, -0.15) is 0 Å². The number of urea groups is 1. The molecule has 0 aromatic heterocycles. The maximum atomic E-state index is 11.7. The largest absolute Gasteiger partial charge is 0.394 e. The molecule has 2 heterocycles. The van der Waals surface area contributed by atoms with E-state index in [1.165, 1.54) is 0 Å². The van der Waals surface area contributed by atoms with Gasteiger partial charge in [-0.25, -0.2) is 4.79 Å². The molecule has 2 aliphatic heterocycles. The second kappa shape index (κ2) is 4.37. The van der Waals surface area contributed by atoms with E-state index in [9.17, 15) is 9.90 Å². The smallest absolute Gasteiger partial charge is 0.317 e. The van der Waals surface area contributed by atoms with Crippen molar-refractivity contribution in [2.45, 2.75) is 24.8 Å². The van der Waals surface area contributed by atoms with Crippen LogP contribution in [0.2, 0.25) is 0 Å². The zero-order chi connectivity index (χ0) is 10.7. The third-order valence-corrected chi connectivity index (χ3v) is 3.37. The summed E-state index contributed by atoms with van der Waals surface area (Å²) in [6.07, 6.45) is 2.42. The number of nitrogens with zero attached hydrogens (tertiary/aromatic N) is 1. The van der Waals surface area contributed by atoms with E-state index in [1.54, 1.807) is 4.90 Å². The molecule has 0 spiro atoms. The average Bonchev–Trinajstić information content (AvgIpc) is 2.30. The molecule has 2 fully saturated rings. The van der Waals surface area contributed by atoms with Gasteiger partial charge < -0.3 is 20.1 Å². The minimum Gasteiger partial charge on any atom is -0.394 e. The maximum absolute atomic E-state index is 11.7. The van der Waals surface area contributed by atoms with Crippen molar-refractivity contribution < 1.29 is 14.6 Å². The number of aliphatic hydroxyl groups excluding tert-OH is 1. The lowest BCUT2D eigenvalue weighted by Gasteiger charge is -2.46. The van der Waals surface area contributed by atoms with Gasteiger partial charge in [0, 0.05) is 26.3 Å². The Labute approximate surface area is 89.4 Å². The Morgan fingerprint density at radius 1 is 1.47 bits per heavy atom. The molecule has 2 N–H and O–H groups in total. The van der Waals surface area contributed by atoms with Crippen LogP contribution >= 0.6 is 0 Å². The summed E-state index contributed by atoms with van der Waals surface area (Å²) >= 11 is 0. The topological polar surface area (TPSA) is 61.8 Å². The van der Waals surface area contributed by atoms with Crippen molar-refractivity contribution in [3.63, 3.8) is 0 Å². The predicted octanol–water partition coefficient (Wildman–Crippen LogP) is -0.0568. The van der Waals surface area contributed by atoms with Crippen LogP contribution in [0, 0.1) is 0 Å². The zero-order valence-electron chi connectivity index (χ0n) is 8.87. The molecule has 0 bridgehead atoms. The second-order valence-corrected chi connectivity index (χ2v) is 4.23. The number of ether oxygens (including phenoxy) is 1. The fourth-order valence-electron chi connectivity index (χ4n) is 2.35. The highest BCUT2D eigenvalue weighted by Crippen LogP contribution is 2.28. The first kappa shape index (κ1) is 10.7. The van der Waals surface area contributed by atoms with Crippen LogP contribution in [-0.4, -0.2) is 54.5 Å². The van der Waals surface area contributed by atoms with Gasteiger partial charge in [-0.15, -0.1) is 0 Å². The zero-order valence-corrected chi connectivity index (χ0v) is 8.87. The molecule has 0 atom stereocenters. The molecule has 0 unspecified atom stereocenters. The van der Waals surface area contributed by atoms with Crippen molar-refractivity contribution in [1.82, 2.24) is 10.2 Å². The van der Waals surface area contributed by atoms with Gasteiger partial charge in [0.25, 0.3) is 0 Å². The Kier molecular flexibility index (Phi) is 3.11. The minimum atomic E-state index is -0.386. The second-order valence-electron chi connectivity index (χ2n) is 4.23. The highest BCUT2D eigenvalue weighted by Gasteiger charge is 2.41. The molecular formula is C10H18N2O3. The highest BCUT2D eigenvalue weighted by molar-refractivity contribution is 5.75.